The number of nitrogens with zero attached hydrogens (tertiary/aromatic N) is 1. The van der Waals surface area contributed by atoms with E-state index < -0.39 is 11.8 Å². The van der Waals surface area contributed by atoms with Gasteiger partial charge in [-0.2, -0.15) is 0 Å². The number of esters is 1. The minimum absolute atomic E-state index is 0.0899. The molecule has 0 saturated heterocycles. The van der Waals surface area contributed by atoms with Crippen LogP contribution < -0.4 is 5.32 Å². The van der Waals surface area contributed by atoms with Crippen molar-refractivity contribution in [3.05, 3.63) is 57.8 Å². The first-order chi connectivity index (χ1) is 10.1. The molecule has 0 spiro atoms. The molecule has 0 amide bonds. The van der Waals surface area contributed by atoms with Crippen LogP contribution >= 0.6 is 22.9 Å². The molecule has 0 aliphatic heterocycles. The van der Waals surface area contributed by atoms with E-state index in [2.05, 4.69) is 16.9 Å². The van der Waals surface area contributed by atoms with Crippen LogP contribution in [0.2, 0.25) is 4.47 Å². The van der Waals surface area contributed by atoms with Crippen molar-refractivity contribution in [2.45, 2.75) is 6.54 Å². The van der Waals surface area contributed by atoms with Crippen molar-refractivity contribution < 1.29 is 13.9 Å². The van der Waals surface area contributed by atoms with Gasteiger partial charge in [-0.05, 0) is 18.2 Å². The van der Waals surface area contributed by atoms with E-state index in [4.69, 9.17) is 16.3 Å². The average Bonchev–Trinajstić information content (AvgIpc) is 2.89. The summed E-state index contributed by atoms with van der Waals surface area (Å²) in [6, 6.07) is 4.12. The molecule has 2 rings (SSSR count). The van der Waals surface area contributed by atoms with Gasteiger partial charge in [0.05, 0.1) is 17.8 Å². The second kappa shape index (κ2) is 7.19. The van der Waals surface area contributed by atoms with E-state index in [0.29, 0.717) is 16.7 Å². The predicted octanol–water partition coefficient (Wildman–Crippen LogP) is 3.89. The van der Waals surface area contributed by atoms with E-state index in [1.165, 1.54) is 29.5 Å². The van der Waals surface area contributed by atoms with Gasteiger partial charge in [0.15, 0.2) is 4.47 Å². The zero-order valence-electron chi connectivity index (χ0n) is 10.9. The highest BCUT2D eigenvalue weighted by atomic mass is 35.5. The Morgan fingerprint density at radius 2 is 2.38 bits per heavy atom. The highest BCUT2D eigenvalue weighted by molar-refractivity contribution is 7.15. The van der Waals surface area contributed by atoms with Gasteiger partial charge < -0.3 is 10.1 Å². The predicted molar refractivity (Wildman–Crippen MR) is 81.3 cm³/mol. The molecule has 0 fully saturated rings. The smallest absolute Gasteiger partial charge is 0.338 e. The summed E-state index contributed by atoms with van der Waals surface area (Å²) in [7, 11) is 0. The molecular formula is C14H12ClFN2O2S. The van der Waals surface area contributed by atoms with Gasteiger partial charge >= 0.3 is 5.97 Å². The number of ether oxygens (including phenoxy) is 1. The summed E-state index contributed by atoms with van der Waals surface area (Å²) in [6.45, 7) is 3.93. The third-order valence-electron chi connectivity index (χ3n) is 2.52. The van der Waals surface area contributed by atoms with Crippen LogP contribution in [0.15, 0.2) is 37.1 Å². The number of halogens is 2. The fraction of sp³-hybridized carbons (Fsp3) is 0.143. The Labute approximate surface area is 130 Å². The zero-order valence-corrected chi connectivity index (χ0v) is 12.5. The van der Waals surface area contributed by atoms with Crippen molar-refractivity contribution >= 4 is 34.6 Å². The molecule has 1 heterocycles. The Balaban J connectivity index is 2.01. The molecule has 0 aliphatic carbocycles. The summed E-state index contributed by atoms with van der Waals surface area (Å²) in [4.78, 5) is 16.4. The monoisotopic (exact) mass is 326 g/mol. The molecule has 110 valence electrons. The quantitative estimate of drug-likeness (QED) is 0.646. The minimum atomic E-state index is -0.588. The molecule has 21 heavy (non-hydrogen) atoms. The van der Waals surface area contributed by atoms with Crippen LogP contribution in [0.1, 0.15) is 15.2 Å². The number of aromatic nitrogens is 1. The van der Waals surface area contributed by atoms with Crippen LogP contribution in [0.4, 0.5) is 10.1 Å². The number of benzene rings is 1. The lowest BCUT2D eigenvalue weighted by Crippen LogP contribution is -2.07. The maximum Gasteiger partial charge on any atom is 0.338 e. The van der Waals surface area contributed by atoms with Crippen molar-refractivity contribution in [3.8, 4) is 0 Å². The van der Waals surface area contributed by atoms with Crippen molar-refractivity contribution in [1.82, 2.24) is 4.98 Å². The number of nitrogens with one attached hydrogen (secondary N) is 1. The van der Waals surface area contributed by atoms with Crippen molar-refractivity contribution in [2.24, 2.45) is 0 Å². The van der Waals surface area contributed by atoms with Gasteiger partial charge in [0.25, 0.3) is 0 Å². The second-order valence-corrected chi connectivity index (χ2v) is 5.71. The van der Waals surface area contributed by atoms with Gasteiger partial charge in [-0.1, -0.05) is 24.3 Å². The van der Waals surface area contributed by atoms with Crippen molar-refractivity contribution in [1.29, 1.82) is 0 Å². The maximum atomic E-state index is 13.9. The fourth-order valence-electron chi connectivity index (χ4n) is 1.55. The Morgan fingerprint density at radius 3 is 3.00 bits per heavy atom. The van der Waals surface area contributed by atoms with E-state index in [-0.39, 0.29) is 12.2 Å². The number of carbonyl (C=O) groups excluding carboxylic acids is 1. The highest BCUT2D eigenvalue weighted by Gasteiger charge is 2.10. The molecule has 0 unspecified atom stereocenters. The molecule has 0 saturated carbocycles. The summed E-state index contributed by atoms with van der Waals surface area (Å²) >= 11 is 7.03. The number of thiazole rings is 1. The maximum absolute atomic E-state index is 13.9. The molecule has 2 aromatic rings. The van der Waals surface area contributed by atoms with Crippen LogP contribution in [0.25, 0.3) is 0 Å². The zero-order chi connectivity index (χ0) is 15.2. The van der Waals surface area contributed by atoms with E-state index in [1.807, 2.05) is 0 Å². The molecular weight excluding hydrogens is 315 g/mol. The van der Waals surface area contributed by atoms with Crippen molar-refractivity contribution in [2.75, 3.05) is 11.9 Å². The number of hydrogen-bond acceptors (Lipinski definition) is 5. The largest absolute Gasteiger partial charge is 0.458 e. The highest BCUT2D eigenvalue weighted by Crippen LogP contribution is 2.21. The SMILES string of the molecule is C=CCOC(=O)c1ccc(NCc2cnc(Cl)s2)c(F)c1. The lowest BCUT2D eigenvalue weighted by atomic mass is 10.2. The Hall–Kier alpha value is -1.92. The standard InChI is InChI=1S/C14H12ClFN2O2S/c1-2-5-20-13(19)9-3-4-12(11(16)6-9)17-7-10-8-18-14(15)21-10/h2-4,6,8,17H,1,5,7H2. The van der Waals surface area contributed by atoms with E-state index in [9.17, 15) is 9.18 Å². The van der Waals surface area contributed by atoms with Gasteiger partial charge in [-0.3, -0.25) is 0 Å². The van der Waals surface area contributed by atoms with Crippen molar-refractivity contribution in [3.63, 3.8) is 0 Å². The van der Waals surface area contributed by atoms with Gasteiger partial charge in [-0.25, -0.2) is 14.2 Å². The molecule has 0 radical (unpaired) electrons. The van der Waals surface area contributed by atoms with Crippen LogP contribution in [0.5, 0.6) is 0 Å². The third-order valence-corrected chi connectivity index (χ3v) is 3.63. The number of hydrogen-bond donors (Lipinski definition) is 1. The van der Waals surface area contributed by atoms with Crippen LogP contribution in [-0.4, -0.2) is 17.6 Å². The lowest BCUT2D eigenvalue weighted by molar-refractivity contribution is 0.0549. The lowest BCUT2D eigenvalue weighted by Gasteiger charge is -2.08. The topological polar surface area (TPSA) is 51.2 Å². The summed E-state index contributed by atoms with van der Waals surface area (Å²) in [5.74, 6) is -1.12. The molecule has 0 atom stereocenters. The van der Waals surface area contributed by atoms with Crippen LogP contribution in [-0.2, 0) is 11.3 Å². The first kappa shape index (κ1) is 15.5. The Kier molecular flexibility index (Phi) is 5.30. The first-order valence-electron chi connectivity index (χ1n) is 6.02. The first-order valence-corrected chi connectivity index (χ1v) is 7.21. The molecule has 0 aliphatic rings. The van der Waals surface area contributed by atoms with Gasteiger partial charge in [0.2, 0.25) is 0 Å². The summed E-state index contributed by atoms with van der Waals surface area (Å²) in [5.41, 5.74) is 0.445. The summed E-state index contributed by atoms with van der Waals surface area (Å²) in [6.07, 6.45) is 3.07. The normalized spacial score (nSPS) is 10.2. The van der Waals surface area contributed by atoms with Crippen LogP contribution in [0, 0.1) is 5.82 Å². The molecule has 1 N–H and O–H groups in total. The summed E-state index contributed by atoms with van der Waals surface area (Å²) < 4.78 is 19.2. The van der Waals surface area contributed by atoms with Gasteiger partial charge in [0, 0.05) is 11.1 Å². The van der Waals surface area contributed by atoms with Gasteiger partial charge in [0.1, 0.15) is 12.4 Å². The van der Waals surface area contributed by atoms with Crippen LogP contribution in [0.3, 0.4) is 0 Å². The Morgan fingerprint density at radius 1 is 1.57 bits per heavy atom. The molecule has 1 aromatic heterocycles. The minimum Gasteiger partial charge on any atom is -0.458 e. The third kappa shape index (κ3) is 4.27. The molecule has 0 bridgehead atoms. The van der Waals surface area contributed by atoms with E-state index in [0.717, 1.165) is 10.9 Å². The molecule has 4 nitrogen and oxygen atoms in total. The summed E-state index contributed by atoms with van der Waals surface area (Å²) in [5, 5.41) is 2.92. The number of carbonyl (C=O) groups is 1. The van der Waals surface area contributed by atoms with E-state index >= 15 is 0 Å². The number of rotatable bonds is 6. The molecule has 1 aromatic carbocycles. The Bertz CT molecular complexity index is 660. The molecule has 7 heteroatoms. The average molecular weight is 327 g/mol. The fourth-order valence-corrected chi connectivity index (χ4v) is 2.47. The number of anilines is 1. The van der Waals surface area contributed by atoms with Gasteiger partial charge in [-0.15, -0.1) is 11.3 Å². The van der Waals surface area contributed by atoms with E-state index in [1.54, 1.807) is 6.20 Å². The second-order valence-electron chi connectivity index (χ2n) is 4.01.